The predicted molar refractivity (Wildman–Crippen MR) is 133 cm³/mol. The molecule has 1 amide bonds. The first-order chi connectivity index (χ1) is 16.7. The minimum Gasteiger partial charge on any atom is -0.489 e. The number of aliphatic carboxylic acids is 1. The Hall–Kier alpha value is -3.07. The molecule has 1 aliphatic heterocycles. The summed E-state index contributed by atoms with van der Waals surface area (Å²) in [6.07, 6.45) is 1.48. The highest BCUT2D eigenvalue weighted by Crippen LogP contribution is 2.32. The molecule has 8 nitrogen and oxygen atoms in total. The molecule has 2 N–H and O–H groups in total. The van der Waals surface area contributed by atoms with E-state index in [9.17, 15) is 14.7 Å². The number of rotatable bonds is 8. The zero-order chi connectivity index (χ0) is 25.1. The molecule has 0 bridgehead atoms. The van der Waals surface area contributed by atoms with Crippen molar-refractivity contribution in [3.05, 3.63) is 63.8 Å². The fourth-order valence-corrected chi connectivity index (χ4v) is 4.54. The number of benzene rings is 2. The number of nitrogens with zero attached hydrogens (tertiary/aromatic N) is 2. The summed E-state index contributed by atoms with van der Waals surface area (Å²) in [7, 11) is 0. The Morgan fingerprint density at radius 2 is 2.00 bits per heavy atom. The molecule has 184 valence electrons. The van der Waals surface area contributed by atoms with Gasteiger partial charge < -0.3 is 19.7 Å². The Morgan fingerprint density at radius 1 is 1.20 bits per heavy atom. The van der Waals surface area contributed by atoms with E-state index < -0.39 is 17.9 Å². The van der Waals surface area contributed by atoms with Crippen molar-refractivity contribution in [3.8, 4) is 17.1 Å². The molecule has 1 aliphatic rings. The summed E-state index contributed by atoms with van der Waals surface area (Å²) >= 11 is 12.7. The number of hydrogen-bond acceptors (Lipinski definition) is 6. The third-order valence-electron chi connectivity index (χ3n) is 5.63. The van der Waals surface area contributed by atoms with E-state index in [0.29, 0.717) is 45.8 Å². The van der Waals surface area contributed by atoms with E-state index in [-0.39, 0.29) is 11.8 Å². The average Bonchev–Trinajstić information content (AvgIpc) is 3.45. The number of aromatic nitrogens is 1. The summed E-state index contributed by atoms with van der Waals surface area (Å²) in [6, 6.07) is 11.4. The number of nitrogens with one attached hydrogen (secondary N) is 1. The van der Waals surface area contributed by atoms with Crippen LogP contribution in [0.3, 0.4) is 0 Å². The van der Waals surface area contributed by atoms with Crippen molar-refractivity contribution in [2.75, 3.05) is 11.9 Å². The maximum absolute atomic E-state index is 12.7. The Balaban J connectivity index is 1.44. The zero-order valence-corrected chi connectivity index (χ0v) is 20.8. The fourth-order valence-electron chi connectivity index (χ4n) is 4.02. The first kappa shape index (κ1) is 25.0. The Morgan fingerprint density at radius 3 is 2.69 bits per heavy atom. The number of likely N-dealkylation sites (tertiary alicyclic amines) is 1. The van der Waals surface area contributed by atoms with Crippen molar-refractivity contribution in [2.24, 2.45) is 0 Å². The van der Waals surface area contributed by atoms with Crippen LogP contribution in [-0.2, 0) is 11.3 Å². The van der Waals surface area contributed by atoms with E-state index in [1.165, 1.54) is 6.07 Å². The number of carbonyl (C=O) groups excluding carboxylic acids is 1. The number of halogens is 2. The van der Waals surface area contributed by atoms with Crippen LogP contribution < -0.4 is 10.1 Å². The van der Waals surface area contributed by atoms with Crippen LogP contribution in [0, 0.1) is 0 Å². The van der Waals surface area contributed by atoms with Crippen LogP contribution in [0.25, 0.3) is 11.3 Å². The number of carboxylic acids is 1. The summed E-state index contributed by atoms with van der Waals surface area (Å²) in [5.74, 6) is -0.394. The second kappa shape index (κ2) is 10.7. The van der Waals surface area contributed by atoms with Crippen LogP contribution in [0.15, 0.2) is 47.0 Å². The van der Waals surface area contributed by atoms with E-state index in [1.807, 2.05) is 24.8 Å². The molecule has 1 atom stereocenters. The zero-order valence-electron chi connectivity index (χ0n) is 19.3. The van der Waals surface area contributed by atoms with Gasteiger partial charge in [0.05, 0.1) is 16.1 Å². The molecule has 1 saturated heterocycles. The highest BCUT2D eigenvalue weighted by molar-refractivity contribution is 6.33. The highest BCUT2D eigenvalue weighted by atomic mass is 35.5. The summed E-state index contributed by atoms with van der Waals surface area (Å²) < 4.78 is 11.0. The van der Waals surface area contributed by atoms with Gasteiger partial charge in [0.25, 0.3) is 5.91 Å². The van der Waals surface area contributed by atoms with Crippen LogP contribution in [0.2, 0.25) is 10.0 Å². The molecule has 0 saturated carbocycles. The molecule has 0 radical (unpaired) electrons. The number of carbonyl (C=O) groups is 2. The Bertz CT molecular complexity index is 1240. The standard InChI is InChI=1S/C25H25Cl2N3O5/c1-14(2)34-22-8-6-16(11-19(22)27)28-24(31)20-12-23(35-29-20)17-7-5-15(10-18(17)26)13-30-9-3-4-21(30)25(32)33/h5-8,10-12,14,21H,3-4,9,13H2,1-2H3,(H,28,31)(H,32,33)/t21-/m1/s1. The summed E-state index contributed by atoms with van der Waals surface area (Å²) in [6.45, 7) is 5.02. The average molecular weight is 518 g/mol. The van der Waals surface area contributed by atoms with Gasteiger partial charge >= 0.3 is 5.97 Å². The van der Waals surface area contributed by atoms with E-state index in [2.05, 4.69) is 10.5 Å². The number of carboxylic acid groups (broad SMARTS) is 1. The fraction of sp³-hybridized carbons (Fsp3) is 0.320. The minimum absolute atomic E-state index is 0.0238. The Labute approximate surface area is 212 Å². The van der Waals surface area contributed by atoms with E-state index in [1.54, 1.807) is 30.3 Å². The third-order valence-corrected chi connectivity index (χ3v) is 6.24. The lowest BCUT2D eigenvalue weighted by atomic mass is 10.1. The molecule has 0 unspecified atom stereocenters. The summed E-state index contributed by atoms with van der Waals surface area (Å²) in [4.78, 5) is 26.0. The molecular formula is C25H25Cl2N3O5. The molecular weight excluding hydrogens is 493 g/mol. The maximum Gasteiger partial charge on any atom is 0.320 e. The van der Waals surface area contributed by atoms with E-state index in [4.69, 9.17) is 32.5 Å². The molecule has 0 spiro atoms. The van der Waals surface area contributed by atoms with Gasteiger partial charge in [-0.25, -0.2) is 0 Å². The molecule has 0 aliphatic carbocycles. The number of ether oxygens (including phenoxy) is 1. The van der Waals surface area contributed by atoms with Crippen molar-refractivity contribution in [2.45, 2.75) is 45.4 Å². The van der Waals surface area contributed by atoms with Gasteiger partial charge in [0.1, 0.15) is 11.8 Å². The lowest BCUT2D eigenvalue weighted by molar-refractivity contribution is -0.142. The molecule has 10 heteroatoms. The van der Waals surface area contributed by atoms with Gasteiger partial charge in [0.15, 0.2) is 11.5 Å². The highest BCUT2D eigenvalue weighted by Gasteiger charge is 2.30. The first-order valence-corrected chi connectivity index (χ1v) is 12.0. The Kier molecular flexibility index (Phi) is 7.64. The molecule has 2 aromatic carbocycles. The monoisotopic (exact) mass is 517 g/mol. The van der Waals surface area contributed by atoms with Gasteiger partial charge in [-0.05, 0) is 69.1 Å². The second-order valence-electron chi connectivity index (χ2n) is 8.62. The third kappa shape index (κ3) is 5.96. The minimum atomic E-state index is -0.806. The quantitative estimate of drug-likeness (QED) is 0.392. The largest absolute Gasteiger partial charge is 0.489 e. The number of anilines is 1. The first-order valence-electron chi connectivity index (χ1n) is 11.2. The lowest BCUT2D eigenvalue weighted by Gasteiger charge is -2.21. The van der Waals surface area contributed by atoms with E-state index in [0.717, 1.165) is 18.5 Å². The van der Waals surface area contributed by atoms with E-state index >= 15 is 0 Å². The SMILES string of the molecule is CC(C)Oc1ccc(NC(=O)c2cc(-c3ccc(CN4CCC[C@@H]4C(=O)O)cc3Cl)on2)cc1Cl. The topological polar surface area (TPSA) is 105 Å². The van der Waals surface area contributed by atoms with Gasteiger partial charge in [-0.1, -0.05) is 34.4 Å². The normalized spacial score (nSPS) is 16.0. The van der Waals surface area contributed by atoms with Gasteiger partial charge in [-0.3, -0.25) is 14.5 Å². The van der Waals surface area contributed by atoms with Crippen LogP contribution in [0.4, 0.5) is 5.69 Å². The predicted octanol–water partition coefficient (Wildman–Crippen LogP) is 5.74. The lowest BCUT2D eigenvalue weighted by Crippen LogP contribution is -2.35. The summed E-state index contributed by atoms with van der Waals surface area (Å²) in [5.41, 5.74) is 2.05. The van der Waals surface area contributed by atoms with Crippen LogP contribution in [-0.4, -0.2) is 45.7 Å². The smallest absolute Gasteiger partial charge is 0.320 e. The second-order valence-corrected chi connectivity index (χ2v) is 9.44. The molecule has 3 aromatic rings. The van der Waals surface area contributed by atoms with Gasteiger partial charge in [-0.2, -0.15) is 0 Å². The van der Waals surface area contributed by atoms with Crippen LogP contribution in [0.1, 0.15) is 42.7 Å². The number of hydrogen-bond donors (Lipinski definition) is 2. The number of amides is 1. The van der Waals surface area contributed by atoms with Crippen molar-refractivity contribution in [1.29, 1.82) is 0 Å². The van der Waals surface area contributed by atoms with Crippen molar-refractivity contribution in [1.82, 2.24) is 10.1 Å². The van der Waals surface area contributed by atoms with Gasteiger partial charge in [0.2, 0.25) is 0 Å². The van der Waals surface area contributed by atoms with Crippen molar-refractivity contribution in [3.63, 3.8) is 0 Å². The van der Waals surface area contributed by atoms with Crippen LogP contribution in [0.5, 0.6) is 5.75 Å². The summed E-state index contributed by atoms with van der Waals surface area (Å²) in [5, 5.41) is 16.8. The molecule has 1 aromatic heterocycles. The molecule has 1 fully saturated rings. The molecule has 35 heavy (non-hydrogen) atoms. The maximum atomic E-state index is 12.7. The van der Waals surface area contributed by atoms with Crippen molar-refractivity contribution >= 4 is 40.8 Å². The molecule has 4 rings (SSSR count). The van der Waals surface area contributed by atoms with Crippen molar-refractivity contribution < 1.29 is 24.0 Å². The van der Waals surface area contributed by atoms with Crippen LogP contribution >= 0.6 is 23.2 Å². The molecule has 2 heterocycles. The van der Waals surface area contributed by atoms with Gasteiger partial charge in [0, 0.05) is 23.9 Å². The van der Waals surface area contributed by atoms with Gasteiger partial charge in [-0.15, -0.1) is 0 Å².